The average molecular weight is 560 g/mol. The maximum absolute atomic E-state index is 12.0. The van der Waals surface area contributed by atoms with E-state index in [-0.39, 0.29) is 12.0 Å². The molecule has 1 fully saturated rings. The van der Waals surface area contributed by atoms with Gasteiger partial charge in [0.2, 0.25) is 5.91 Å². The van der Waals surface area contributed by atoms with Crippen LogP contribution in [0.3, 0.4) is 0 Å². The number of hydrogen-bond acceptors (Lipinski definition) is 9. The number of fused-ring (bicyclic) bond motifs is 1. The summed E-state index contributed by atoms with van der Waals surface area (Å²) in [4.78, 5) is 27.6. The van der Waals surface area contributed by atoms with Crippen LogP contribution in [0.5, 0.6) is 11.5 Å². The molecule has 1 saturated heterocycles. The number of ether oxygens (including phenoxy) is 3. The first kappa shape index (κ1) is 29.4. The lowest BCUT2D eigenvalue weighted by molar-refractivity contribution is -0.127. The molecule has 0 radical (unpaired) electrons. The minimum Gasteiger partial charge on any atom is -0.498 e. The number of anilines is 1. The minimum atomic E-state index is -0.0727. The van der Waals surface area contributed by atoms with E-state index in [2.05, 4.69) is 28.8 Å². The molecule has 1 aliphatic heterocycles. The second-order valence-corrected chi connectivity index (χ2v) is 9.64. The molecule has 0 bridgehead atoms. The van der Waals surface area contributed by atoms with E-state index in [9.17, 15) is 4.79 Å². The molecule has 0 spiro atoms. The number of furan rings is 1. The average Bonchev–Trinajstić information content (AvgIpc) is 3.55. The molecule has 216 valence electrons. The highest BCUT2D eigenvalue weighted by Crippen LogP contribution is 2.36. The highest BCUT2D eigenvalue weighted by Gasteiger charge is 2.24. The van der Waals surface area contributed by atoms with E-state index >= 15 is 0 Å². The molecule has 41 heavy (non-hydrogen) atoms. The first-order valence-corrected chi connectivity index (χ1v) is 13.6. The highest BCUT2D eigenvalue weighted by molar-refractivity contribution is 6.07. The quantitative estimate of drug-likeness (QED) is 0.176. The number of methoxy groups -OCH3 is 2. The van der Waals surface area contributed by atoms with Gasteiger partial charge in [-0.2, -0.15) is 0 Å². The first-order valence-electron chi connectivity index (χ1n) is 13.6. The van der Waals surface area contributed by atoms with Crippen LogP contribution in [0, 0.1) is 0 Å². The minimum absolute atomic E-state index is 0.0620. The Morgan fingerprint density at radius 3 is 2.63 bits per heavy atom. The summed E-state index contributed by atoms with van der Waals surface area (Å²) in [5, 5.41) is 4.07. The van der Waals surface area contributed by atoms with Crippen molar-refractivity contribution in [2.45, 2.75) is 46.1 Å². The Labute approximate surface area is 240 Å². The molecule has 1 amide bonds. The molecule has 2 aromatic heterocycles. The molecule has 1 N–H and O–H groups in total. The second kappa shape index (κ2) is 13.6. The normalized spacial score (nSPS) is 15.4. The lowest BCUT2D eigenvalue weighted by Gasteiger charge is -2.31. The number of piperidine rings is 1. The molecule has 0 atom stereocenters. The Balaban J connectivity index is 1.69. The van der Waals surface area contributed by atoms with E-state index in [0.717, 1.165) is 17.4 Å². The van der Waals surface area contributed by atoms with Crippen LogP contribution in [-0.2, 0) is 9.53 Å². The van der Waals surface area contributed by atoms with Crippen molar-refractivity contribution in [1.29, 1.82) is 0 Å². The zero-order valence-corrected chi connectivity index (χ0v) is 24.3. The number of rotatable bonds is 11. The standard InChI is InChI=1S/C31H37N5O5/c1-7-20(3)16-25(26-10-9-15-40-26)34-30(21(4)38-5)35-31-23-17-28(27(39-6)18-24(23)32-19-33-31)41-22-11-13-36(14-12-22)29(37)8-2/h8-10,15-19,22H,2,7,11-14H2,1,3-6H3,(H,32,33,35)/b20-16+,30-21-,34-25+. The predicted octanol–water partition coefficient (Wildman–Crippen LogP) is 5.88. The van der Waals surface area contributed by atoms with Gasteiger partial charge in [-0.25, -0.2) is 15.0 Å². The summed E-state index contributed by atoms with van der Waals surface area (Å²) in [6.07, 6.45) is 8.64. The van der Waals surface area contributed by atoms with Gasteiger partial charge in [0.05, 0.1) is 26.0 Å². The van der Waals surface area contributed by atoms with Gasteiger partial charge >= 0.3 is 0 Å². The summed E-state index contributed by atoms with van der Waals surface area (Å²) in [7, 11) is 3.19. The lowest BCUT2D eigenvalue weighted by Crippen LogP contribution is -2.41. The fourth-order valence-electron chi connectivity index (χ4n) is 4.36. The van der Waals surface area contributed by atoms with Crippen molar-refractivity contribution < 1.29 is 23.4 Å². The number of allylic oxidation sites excluding steroid dienone is 3. The van der Waals surface area contributed by atoms with Crippen LogP contribution < -0.4 is 14.8 Å². The summed E-state index contributed by atoms with van der Waals surface area (Å²) in [5.74, 6) is 3.27. The Hall–Kier alpha value is -4.60. The van der Waals surface area contributed by atoms with Crippen molar-refractivity contribution in [2.24, 2.45) is 4.99 Å². The van der Waals surface area contributed by atoms with E-state index in [1.54, 1.807) is 25.4 Å². The van der Waals surface area contributed by atoms with Gasteiger partial charge in [0.25, 0.3) is 0 Å². The molecule has 3 heterocycles. The number of carbonyl (C=O) groups is 1. The monoisotopic (exact) mass is 559 g/mol. The van der Waals surface area contributed by atoms with Crippen molar-refractivity contribution in [3.63, 3.8) is 0 Å². The Bertz CT molecular complexity index is 1470. The van der Waals surface area contributed by atoms with Crippen molar-refractivity contribution in [1.82, 2.24) is 14.9 Å². The third-order valence-corrected chi connectivity index (χ3v) is 6.97. The van der Waals surface area contributed by atoms with E-state index in [4.69, 9.17) is 23.6 Å². The Morgan fingerprint density at radius 1 is 1.22 bits per heavy atom. The molecular weight excluding hydrogens is 522 g/mol. The van der Waals surface area contributed by atoms with Gasteiger partial charge in [-0.15, -0.1) is 0 Å². The molecule has 1 aromatic carbocycles. The second-order valence-electron chi connectivity index (χ2n) is 9.64. The van der Waals surface area contributed by atoms with Gasteiger partial charge < -0.3 is 28.8 Å². The summed E-state index contributed by atoms with van der Waals surface area (Å²) >= 11 is 0. The fraction of sp³-hybridized carbons (Fsp3) is 0.355. The van der Waals surface area contributed by atoms with Crippen LogP contribution in [0.25, 0.3) is 10.9 Å². The first-order chi connectivity index (χ1) is 19.9. The molecule has 1 aliphatic rings. The molecule has 0 aliphatic carbocycles. The lowest BCUT2D eigenvalue weighted by atomic mass is 10.1. The molecular formula is C31H37N5O5. The topological polar surface area (TPSA) is 111 Å². The third-order valence-electron chi connectivity index (χ3n) is 6.97. The summed E-state index contributed by atoms with van der Waals surface area (Å²) < 4.78 is 23.3. The van der Waals surface area contributed by atoms with Gasteiger partial charge in [0, 0.05) is 37.4 Å². The number of nitrogens with zero attached hydrogens (tertiary/aromatic N) is 4. The van der Waals surface area contributed by atoms with Crippen LogP contribution in [0.4, 0.5) is 5.82 Å². The number of amides is 1. The number of hydrogen-bond donors (Lipinski definition) is 1. The number of benzene rings is 1. The highest BCUT2D eigenvalue weighted by atomic mass is 16.5. The molecule has 4 rings (SSSR count). The SMILES string of the molecule is C=CC(=O)N1CCC(Oc2cc3c(NC(/N=C(\C=C(/C)CC)c4ccco4)=C(/C)OC)ncnc3cc2OC)CC1. The van der Waals surface area contributed by atoms with Crippen LogP contribution in [0.2, 0.25) is 0 Å². The Morgan fingerprint density at radius 2 is 2.00 bits per heavy atom. The fourth-order valence-corrected chi connectivity index (χ4v) is 4.36. The van der Waals surface area contributed by atoms with Gasteiger partial charge in [-0.05, 0) is 50.6 Å². The maximum Gasteiger partial charge on any atom is 0.245 e. The Kier molecular flexibility index (Phi) is 9.78. The molecule has 0 unspecified atom stereocenters. The molecule has 10 nitrogen and oxygen atoms in total. The van der Waals surface area contributed by atoms with Gasteiger partial charge in [0.15, 0.2) is 23.1 Å². The summed E-state index contributed by atoms with van der Waals surface area (Å²) in [6, 6.07) is 7.39. The number of aliphatic imine (C=N–C) groups is 1. The van der Waals surface area contributed by atoms with E-state index in [1.807, 2.05) is 44.2 Å². The van der Waals surface area contributed by atoms with Gasteiger partial charge in [-0.3, -0.25) is 4.79 Å². The summed E-state index contributed by atoms with van der Waals surface area (Å²) in [6.45, 7) is 10.8. The van der Waals surface area contributed by atoms with Crippen molar-refractivity contribution in [3.8, 4) is 11.5 Å². The van der Waals surface area contributed by atoms with E-state index < -0.39 is 0 Å². The predicted molar refractivity (Wildman–Crippen MR) is 159 cm³/mol. The zero-order chi connectivity index (χ0) is 29.4. The van der Waals surface area contributed by atoms with Crippen molar-refractivity contribution in [2.75, 3.05) is 32.6 Å². The third kappa shape index (κ3) is 7.13. The van der Waals surface area contributed by atoms with Crippen LogP contribution in [0.15, 0.2) is 82.1 Å². The van der Waals surface area contributed by atoms with Crippen LogP contribution >= 0.6 is 0 Å². The smallest absolute Gasteiger partial charge is 0.245 e. The van der Waals surface area contributed by atoms with Gasteiger partial charge in [-0.1, -0.05) is 19.1 Å². The molecule has 10 heteroatoms. The number of aromatic nitrogens is 2. The zero-order valence-electron chi connectivity index (χ0n) is 24.3. The number of nitrogens with one attached hydrogen (secondary N) is 1. The van der Waals surface area contributed by atoms with Gasteiger partial charge in [0.1, 0.15) is 29.7 Å². The molecule has 3 aromatic rings. The van der Waals surface area contributed by atoms with Crippen molar-refractivity contribution >= 4 is 28.3 Å². The largest absolute Gasteiger partial charge is 0.498 e. The molecule has 0 saturated carbocycles. The van der Waals surface area contributed by atoms with E-state index in [0.29, 0.717) is 71.8 Å². The van der Waals surface area contributed by atoms with E-state index in [1.165, 1.54) is 12.4 Å². The van der Waals surface area contributed by atoms with Crippen LogP contribution in [0.1, 0.15) is 45.8 Å². The van der Waals surface area contributed by atoms with Crippen LogP contribution in [-0.4, -0.2) is 59.9 Å². The van der Waals surface area contributed by atoms with Crippen molar-refractivity contribution in [3.05, 3.63) is 78.5 Å². The maximum atomic E-state index is 12.0. The summed E-state index contributed by atoms with van der Waals surface area (Å²) in [5.41, 5.74) is 2.47. The number of carbonyl (C=O) groups excluding carboxylic acids is 1. The number of likely N-dealkylation sites (tertiary alicyclic amines) is 1.